The Labute approximate surface area is 66.5 Å². The number of ether oxygens (including phenoxy) is 1. The second-order valence-corrected chi connectivity index (χ2v) is 3.01. The van der Waals surface area contributed by atoms with Crippen LogP contribution in [0.4, 0.5) is 4.79 Å². The van der Waals surface area contributed by atoms with Gasteiger partial charge in [-0.25, -0.2) is 4.79 Å². The van der Waals surface area contributed by atoms with E-state index in [4.69, 9.17) is 0 Å². The molecule has 0 aliphatic rings. The molecule has 0 spiro atoms. The smallest absolute Gasteiger partial charge is 0.407 e. The van der Waals surface area contributed by atoms with Crippen LogP contribution in [0.1, 0.15) is 20.8 Å². The second-order valence-electron chi connectivity index (χ2n) is 3.01. The number of methoxy groups -OCH3 is 1. The van der Waals surface area contributed by atoms with Gasteiger partial charge in [0.1, 0.15) is 0 Å². The maximum Gasteiger partial charge on any atom is 0.407 e. The van der Waals surface area contributed by atoms with Gasteiger partial charge in [-0.15, -0.1) is 0 Å². The molecular weight excluding hydrogens is 146 g/mol. The van der Waals surface area contributed by atoms with E-state index in [1.165, 1.54) is 7.11 Å². The summed E-state index contributed by atoms with van der Waals surface area (Å²) in [6.45, 7) is 4.94. The Kier molecular flexibility index (Phi) is 3.32. The van der Waals surface area contributed by atoms with Gasteiger partial charge in [-0.1, -0.05) is 0 Å². The van der Waals surface area contributed by atoms with Crippen LogP contribution in [0.25, 0.3) is 0 Å². The first kappa shape index (κ1) is 10.2. The molecule has 0 heterocycles. The SMILES string of the molecule is COC(=O)N[C@@H](C)C(C)(C)O. The second kappa shape index (κ2) is 3.57. The summed E-state index contributed by atoms with van der Waals surface area (Å²) in [6, 6.07) is -0.324. The Morgan fingerprint density at radius 2 is 2.09 bits per heavy atom. The van der Waals surface area contributed by atoms with Gasteiger partial charge < -0.3 is 15.2 Å². The molecule has 0 radical (unpaired) electrons. The number of carbonyl (C=O) groups is 1. The summed E-state index contributed by atoms with van der Waals surface area (Å²) >= 11 is 0. The van der Waals surface area contributed by atoms with Crippen molar-refractivity contribution in [2.45, 2.75) is 32.4 Å². The normalized spacial score (nSPS) is 13.9. The van der Waals surface area contributed by atoms with Crippen molar-refractivity contribution in [3.63, 3.8) is 0 Å². The highest BCUT2D eigenvalue weighted by molar-refractivity contribution is 5.67. The lowest BCUT2D eigenvalue weighted by atomic mass is 10.0. The van der Waals surface area contributed by atoms with Crippen LogP contribution in [0.15, 0.2) is 0 Å². The maximum atomic E-state index is 10.6. The number of rotatable bonds is 2. The first-order valence-corrected chi connectivity index (χ1v) is 3.44. The number of alkyl carbamates (subject to hydrolysis) is 1. The fraction of sp³-hybridized carbons (Fsp3) is 0.857. The van der Waals surface area contributed by atoms with Crippen molar-refractivity contribution in [2.24, 2.45) is 0 Å². The topological polar surface area (TPSA) is 58.6 Å². The zero-order valence-electron chi connectivity index (χ0n) is 7.34. The molecule has 0 fully saturated rings. The summed E-state index contributed by atoms with van der Waals surface area (Å²) < 4.78 is 4.35. The first-order valence-electron chi connectivity index (χ1n) is 3.44. The van der Waals surface area contributed by atoms with E-state index in [-0.39, 0.29) is 6.04 Å². The number of hydrogen-bond donors (Lipinski definition) is 2. The van der Waals surface area contributed by atoms with Gasteiger partial charge in [0, 0.05) is 0 Å². The lowest BCUT2D eigenvalue weighted by Gasteiger charge is -2.25. The summed E-state index contributed by atoms with van der Waals surface area (Å²) in [5.74, 6) is 0. The lowest BCUT2D eigenvalue weighted by Crippen LogP contribution is -2.47. The van der Waals surface area contributed by atoms with E-state index < -0.39 is 11.7 Å². The third-order valence-electron chi connectivity index (χ3n) is 1.58. The van der Waals surface area contributed by atoms with Gasteiger partial charge in [0.05, 0.1) is 18.8 Å². The third kappa shape index (κ3) is 3.83. The molecular formula is C7H15NO3. The molecule has 0 bridgehead atoms. The summed E-state index contributed by atoms with van der Waals surface area (Å²) in [5.41, 5.74) is -0.922. The Morgan fingerprint density at radius 1 is 1.64 bits per heavy atom. The Balaban J connectivity index is 3.87. The van der Waals surface area contributed by atoms with E-state index >= 15 is 0 Å². The standard InChI is InChI=1S/C7H15NO3/c1-5(7(2,3)10)8-6(9)11-4/h5,10H,1-4H3,(H,8,9)/t5-/m0/s1. The van der Waals surface area contributed by atoms with Crippen molar-refractivity contribution in [3.8, 4) is 0 Å². The highest BCUT2D eigenvalue weighted by Crippen LogP contribution is 2.06. The number of nitrogens with one attached hydrogen (secondary N) is 1. The van der Waals surface area contributed by atoms with Crippen molar-refractivity contribution < 1.29 is 14.6 Å². The lowest BCUT2D eigenvalue weighted by molar-refractivity contribution is 0.0428. The Bertz CT molecular complexity index is 139. The Morgan fingerprint density at radius 3 is 2.36 bits per heavy atom. The minimum absolute atomic E-state index is 0.324. The van der Waals surface area contributed by atoms with E-state index in [0.717, 1.165) is 0 Å². The largest absolute Gasteiger partial charge is 0.453 e. The average Bonchev–Trinajstić information content (AvgIpc) is 1.85. The maximum absolute atomic E-state index is 10.6. The molecule has 0 aromatic heterocycles. The van der Waals surface area contributed by atoms with Crippen LogP contribution < -0.4 is 5.32 Å². The monoisotopic (exact) mass is 161 g/mol. The van der Waals surface area contributed by atoms with Crippen molar-refractivity contribution >= 4 is 6.09 Å². The van der Waals surface area contributed by atoms with Crippen LogP contribution in [0.2, 0.25) is 0 Å². The number of aliphatic hydroxyl groups is 1. The molecule has 66 valence electrons. The van der Waals surface area contributed by atoms with Crippen molar-refractivity contribution in [2.75, 3.05) is 7.11 Å². The van der Waals surface area contributed by atoms with E-state index in [1.807, 2.05) is 0 Å². The molecule has 1 atom stereocenters. The third-order valence-corrected chi connectivity index (χ3v) is 1.58. The van der Waals surface area contributed by atoms with E-state index in [9.17, 15) is 9.90 Å². The quantitative estimate of drug-likeness (QED) is 0.620. The number of carbonyl (C=O) groups excluding carboxylic acids is 1. The summed E-state index contributed by atoms with van der Waals surface area (Å²) in [6.07, 6.45) is -0.528. The van der Waals surface area contributed by atoms with Crippen LogP contribution in [0.3, 0.4) is 0 Å². The van der Waals surface area contributed by atoms with Crippen LogP contribution in [-0.4, -0.2) is 30.0 Å². The molecule has 2 N–H and O–H groups in total. The molecule has 0 rings (SSSR count). The molecule has 0 aliphatic carbocycles. The van der Waals surface area contributed by atoms with Crippen molar-refractivity contribution in [3.05, 3.63) is 0 Å². The summed E-state index contributed by atoms with van der Waals surface area (Å²) in [7, 11) is 1.28. The van der Waals surface area contributed by atoms with Crippen LogP contribution in [0, 0.1) is 0 Å². The van der Waals surface area contributed by atoms with Crippen LogP contribution >= 0.6 is 0 Å². The molecule has 1 amide bonds. The zero-order chi connectivity index (χ0) is 9.07. The Hall–Kier alpha value is -0.770. The van der Waals surface area contributed by atoms with Gasteiger partial charge in [-0.05, 0) is 20.8 Å². The molecule has 0 aromatic rings. The van der Waals surface area contributed by atoms with Crippen molar-refractivity contribution in [1.82, 2.24) is 5.32 Å². The first-order chi connectivity index (χ1) is 4.88. The zero-order valence-corrected chi connectivity index (χ0v) is 7.34. The van der Waals surface area contributed by atoms with Gasteiger partial charge in [0.25, 0.3) is 0 Å². The fourth-order valence-electron chi connectivity index (χ4n) is 0.412. The fourth-order valence-corrected chi connectivity index (χ4v) is 0.412. The minimum Gasteiger partial charge on any atom is -0.453 e. The predicted molar refractivity (Wildman–Crippen MR) is 41.3 cm³/mol. The van der Waals surface area contributed by atoms with Gasteiger partial charge in [-0.3, -0.25) is 0 Å². The highest BCUT2D eigenvalue weighted by Gasteiger charge is 2.23. The number of amides is 1. The van der Waals surface area contributed by atoms with Crippen LogP contribution in [0.5, 0.6) is 0 Å². The van der Waals surface area contributed by atoms with Gasteiger partial charge in [-0.2, -0.15) is 0 Å². The predicted octanol–water partition coefficient (Wildman–Crippen LogP) is 0.502. The molecule has 0 aromatic carbocycles. The molecule has 4 nitrogen and oxygen atoms in total. The molecule has 0 aliphatic heterocycles. The molecule has 4 heteroatoms. The van der Waals surface area contributed by atoms with Crippen LogP contribution in [-0.2, 0) is 4.74 Å². The van der Waals surface area contributed by atoms with E-state index in [2.05, 4.69) is 10.1 Å². The van der Waals surface area contributed by atoms with Gasteiger partial charge >= 0.3 is 6.09 Å². The highest BCUT2D eigenvalue weighted by atomic mass is 16.5. The van der Waals surface area contributed by atoms with Gasteiger partial charge in [0.2, 0.25) is 0 Å². The van der Waals surface area contributed by atoms with E-state index in [1.54, 1.807) is 20.8 Å². The molecule has 11 heavy (non-hydrogen) atoms. The molecule has 0 saturated carbocycles. The minimum atomic E-state index is -0.922. The number of hydrogen-bond acceptors (Lipinski definition) is 3. The summed E-state index contributed by atoms with van der Waals surface area (Å²) in [4.78, 5) is 10.6. The molecule has 0 saturated heterocycles. The van der Waals surface area contributed by atoms with E-state index in [0.29, 0.717) is 0 Å². The van der Waals surface area contributed by atoms with Crippen molar-refractivity contribution in [1.29, 1.82) is 0 Å². The summed E-state index contributed by atoms with van der Waals surface area (Å²) in [5, 5.41) is 11.8. The molecule has 0 unspecified atom stereocenters. The average molecular weight is 161 g/mol. The van der Waals surface area contributed by atoms with Gasteiger partial charge in [0.15, 0.2) is 0 Å².